The average molecular weight is 322 g/mol. The van der Waals surface area contributed by atoms with Gasteiger partial charge >= 0.3 is 0 Å². The summed E-state index contributed by atoms with van der Waals surface area (Å²) in [4.78, 5) is 4.07. The van der Waals surface area contributed by atoms with Crippen molar-refractivity contribution in [1.82, 2.24) is 14.9 Å². The number of hydrogen-bond acceptors (Lipinski definition) is 2. The van der Waals surface area contributed by atoms with Gasteiger partial charge in [0.25, 0.3) is 0 Å². The van der Waals surface area contributed by atoms with Crippen LogP contribution in [0.15, 0.2) is 47.5 Å². The van der Waals surface area contributed by atoms with E-state index >= 15 is 0 Å². The number of nitrogens with one attached hydrogen (secondary N) is 1. The van der Waals surface area contributed by atoms with Crippen molar-refractivity contribution in [2.75, 3.05) is 0 Å². The van der Waals surface area contributed by atoms with Crippen LogP contribution in [-0.2, 0) is 6.54 Å². The number of aromatic nitrogens is 2. The molecule has 0 aliphatic carbocycles. The molecule has 4 heteroatoms. The Labute approximate surface area is 123 Å². The molecule has 0 saturated carbocycles. The summed E-state index contributed by atoms with van der Waals surface area (Å²) in [7, 11) is 0. The van der Waals surface area contributed by atoms with E-state index in [2.05, 4.69) is 68.9 Å². The van der Waals surface area contributed by atoms with Crippen LogP contribution in [0.5, 0.6) is 0 Å². The lowest BCUT2D eigenvalue weighted by Gasteiger charge is -2.23. The van der Waals surface area contributed by atoms with Gasteiger partial charge in [-0.25, -0.2) is 4.98 Å². The molecule has 0 bridgehead atoms. The van der Waals surface area contributed by atoms with Crippen LogP contribution in [0.2, 0.25) is 0 Å². The Kier molecular flexibility index (Phi) is 5.16. The maximum Gasteiger partial charge on any atom is 0.0946 e. The van der Waals surface area contributed by atoms with E-state index in [4.69, 9.17) is 0 Å². The molecule has 0 saturated heterocycles. The molecule has 1 N–H and O–H groups in total. The Balaban J connectivity index is 1.98. The molecule has 0 amide bonds. The van der Waals surface area contributed by atoms with Gasteiger partial charge in [-0.05, 0) is 31.0 Å². The first-order valence-electron chi connectivity index (χ1n) is 6.66. The lowest BCUT2D eigenvalue weighted by atomic mass is 10.0. The zero-order valence-corrected chi connectivity index (χ0v) is 13.0. The average Bonchev–Trinajstić information content (AvgIpc) is 2.88. The van der Waals surface area contributed by atoms with Crippen LogP contribution in [0.25, 0.3) is 0 Å². The molecule has 2 atom stereocenters. The summed E-state index contributed by atoms with van der Waals surface area (Å²) < 4.78 is 3.23. The molecule has 2 rings (SSSR count). The van der Waals surface area contributed by atoms with Gasteiger partial charge in [0.2, 0.25) is 0 Å². The van der Waals surface area contributed by atoms with Crippen LogP contribution in [-0.4, -0.2) is 15.6 Å². The summed E-state index contributed by atoms with van der Waals surface area (Å²) in [6.07, 6.45) is 6.75. The third-order valence-electron chi connectivity index (χ3n) is 3.19. The van der Waals surface area contributed by atoms with Gasteiger partial charge in [-0.15, -0.1) is 0 Å². The zero-order chi connectivity index (χ0) is 13.7. The molecule has 2 aromatic rings. The molecule has 3 nitrogen and oxygen atoms in total. The highest BCUT2D eigenvalue weighted by molar-refractivity contribution is 9.10. The molecular weight excluding hydrogens is 302 g/mol. The van der Waals surface area contributed by atoms with Gasteiger partial charge in [-0.3, -0.25) is 0 Å². The van der Waals surface area contributed by atoms with Gasteiger partial charge in [0.15, 0.2) is 0 Å². The molecule has 0 radical (unpaired) electrons. The van der Waals surface area contributed by atoms with Crippen LogP contribution in [0.3, 0.4) is 0 Å². The van der Waals surface area contributed by atoms with Crippen LogP contribution in [0, 0.1) is 0 Å². The first-order chi connectivity index (χ1) is 9.19. The summed E-state index contributed by atoms with van der Waals surface area (Å²) in [5, 5.41) is 3.68. The Hall–Kier alpha value is -1.13. The van der Waals surface area contributed by atoms with Crippen molar-refractivity contribution < 1.29 is 0 Å². The summed E-state index contributed by atoms with van der Waals surface area (Å²) >= 11 is 3.53. The maximum absolute atomic E-state index is 4.07. The van der Waals surface area contributed by atoms with E-state index in [0.717, 1.165) is 17.4 Å². The minimum atomic E-state index is 0.385. The zero-order valence-electron chi connectivity index (χ0n) is 11.4. The third kappa shape index (κ3) is 4.18. The quantitative estimate of drug-likeness (QED) is 0.877. The van der Waals surface area contributed by atoms with E-state index < -0.39 is 0 Å². The van der Waals surface area contributed by atoms with Crippen molar-refractivity contribution in [2.45, 2.75) is 38.9 Å². The van der Waals surface area contributed by atoms with Gasteiger partial charge in [0.1, 0.15) is 0 Å². The van der Waals surface area contributed by atoms with E-state index in [1.165, 1.54) is 5.56 Å². The van der Waals surface area contributed by atoms with E-state index in [-0.39, 0.29) is 0 Å². The molecular formula is C15H20BrN3. The van der Waals surface area contributed by atoms with Gasteiger partial charge in [-0.2, -0.15) is 0 Å². The third-order valence-corrected chi connectivity index (χ3v) is 3.68. The standard InChI is InChI=1S/C15H20BrN3/c1-3-15(13-5-4-6-14(16)9-13)18-12(2)10-19-8-7-17-11-19/h4-9,11-12,15,18H,3,10H2,1-2H3. The van der Waals surface area contributed by atoms with E-state index in [1.54, 1.807) is 0 Å². The highest BCUT2D eigenvalue weighted by Gasteiger charge is 2.12. The van der Waals surface area contributed by atoms with Crippen molar-refractivity contribution in [3.05, 3.63) is 53.0 Å². The summed E-state index contributed by atoms with van der Waals surface area (Å²) in [5.74, 6) is 0. The molecule has 0 fully saturated rings. The molecule has 1 aromatic heterocycles. The predicted octanol–water partition coefficient (Wildman–Crippen LogP) is 3.78. The Morgan fingerprint density at radius 2 is 2.26 bits per heavy atom. The first kappa shape index (κ1) is 14.3. The van der Waals surface area contributed by atoms with Crippen molar-refractivity contribution in [3.63, 3.8) is 0 Å². The molecule has 2 unspecified atom stereocenters. The largest absolute Gasteiger partial charge is 0.336 e. The van der Waals surface area contributed by atoms with E-state index in [0.29, 0.717) is 12.1 Å². The summed E-state index contributed by atoms with van der Waals surface area (Å²) in [6, 6.07) is 9.30. The molecule has 1 aromatic carbocycles. The number of imidazole rings is 1. The second-order valence-corrected chi connectivity index (χ2v) is 5.76. The number of halogens is 1. The summed E-state index contributed by atoms with van der Waals surface area (Å²) in [5.41, 5.74) is 1.33. The first-order valence-corrected chi connectivity index (χ1v) is 7.45. The fourth-order valence-electron chi connectivity index (χ4n) is 2.28. The predicted molar refractivity (Wildman–Crippen MR) is 82.0 cm³/mol. The van der Waals surface area contributed by atoms with Gasteiger partial charge in [-0.1, -0.05) is 35.0 Å². The molecule has 0 spiro atoms. The SMILES string of the molecule is CCC(NC(C)Cn1ccnc1)c1cccc(Br)c1. The van der Waals surface area contributed by atoms with Crippen LogP contribution >= 0.6 is 15.9 Å². The van der Waals surface area contributed by atoms with Crippen molar-refractivity contribution in [3.8, 4) is 0 Å². The maximum atomic E-state index is 4.07. The molecule has 0 aliphatic heterocycles. The molecule has 1 heterocycles. The highest BCUT2D eigenvalue weighted by atomic mass is 79.9. The Morgan fingerprint density at radius 1 is 1.42 bits per heavy atom. The second kappa shape index (κ2) is 6.87. The normalized spacial score (nSPS) is 14.3. The number of rotatable bonds is 6. The monoisotopic (exact) mass is 321 g/mol. The Bertz CT molecular complexity index is 496. The van der Waals surface area contributed by atoms with Crippen molar-refractivity contribution in [1.29, 1.82) is 0 Å². The number of nitrogens with zero attached hydrogens (tertiary/aromatic N) is 2. The van der Waals surface area contributed by atoms with E-state index in [9.17, 15) is 0 Å². The minimum absolute atomic E-state index is 0.385. The molecule has 0 aliphatic rings. The van der Waals surface area contributed by atoms with E-state index in [1.807, 2.05) is 18.7 Å². The fraction of sp³-hybridized carbons (Fsp3) is 0.400. The van der Waals surface area contributed by atoms with Crippen LogP contribution in [0.1, 0.15) is 31.9 Å². The van der Waals surface area contributed by atoms with Gasteiger partial charge in [0, 0.05) is 35.5 Å². The Morgan fingerprint density at radius 3 is 2.89 bits per heavy atom. The highest BCUT2D eigenvalue weighted by Crippen LogP contribution is 2.21. The van der Waals surface area contributed by atoms with Gasteiger partial charge in [0.05, 0.1) is 6.33 Å². The smallest absolute Gasteiger partial charge is 0.0946 e. The second-order valence-electron chi connectivity index (χ2n) is 4.84. The fourth-order valence-corrected chi connectivity index (χ4v) is 2.70. The molecule has 102 valence electrons. The minimum Gasteiger partial charge on any atom is -0.336 e. The summed E-state index contributed by atoms with van der Waals surface area (Å²) in [6.45, 7) is 5.35. The van der Waals surface area contributed by atoms with Crippen molar-refractivity contribution in [2.24, 2.45) is 0 Å². The van der Waals surface area contributed by atoms with Crippen LogP contribution < -0.4 is 5.32 Å². The molecule has 19 heavy (non-hydrogen) atoms. The number of benzene rings is 1. The lowest BCUT2D eigenvalue weighted by molar-refractivity contribution is 0.406. The number of hydrogen-bond donors (Lipinski definition) is 1. The van der Waals surface area contributed by atoms with Crippen LogP contribution in [0.4, 0.5) is 0 Å². The van der Waals surface area contributed by atoms with Crippen molar-refractivity contribution >= 4 is 15.9 Å². The van der Waals surface area contributed by atoms with Gasteiger partial charge < -0.3 is 9.88 Å². The topological polar surface area (TPSA) is 29.9 Å². The lowest BCUT2D eigenvalue weighted by Crippen LogP contribution is -2.33.